The van der Waals surface area contributed by atoms with Gasteiger partial charge in [-0.2, -0.15) is 0 Å². The minimum absolute atomic E-state index is 0.0282. The molecule has 2 aliphatic heterocycles. The van der Waals surface area contributed by atoms with Crippen LogP contribution in [0.5, 0.6) is 0 Å². The Labute approximate surface area is 256 Å². The number of amides is 2. The molecule has 0 aliphatic carbocycles. The van der Waals surface area contributed by atoms with Crippen LogP contribution in [0.1, 0.15) is 38.0 Å². The van der Waals surface area contributed by atoms with Gasteiger partial charge in [0.05, 0.1) is 16.6 Å². The molecule has 2 unspecified atom stereocenters. The zero-order valence-electron chi connectivity index (χ0n) is 23.7. The van der Waals surface area contributed by atoms with E-state index in [0.717, 1.165) is 11.1 Å². The number of allylic oxidation sites excluding steroid dienone is 1. The minimum atomic E-state index is -1.64. The van der Waals surface area contributed by atoms with Crippen LogP contribution in [-0.4, -0.2) is 59.8 Å². The molecule has 0 spiro atoms. The number of β-lactam (4-membered cyclic amide) rings is 1. The number of esters is 1. The third kappa shape index (κ3) is 7.03. The highest BCUT2D eigenvalue weighted by molar-refractivity contribution is 8.02. The second-order valence-electron chi connectivity index (χ2n) is 10.7. The molecule has 222 valence electrons. The standard InChI is InChI=1S/C31H30N4O6S2/c1-31(2,3)41-30(38)34-23-26(36)35-24(22(19-43(39)27(23)35)15-18-42-29-32-16-10-17-33-29)28(37)40-25(20-11-6-4-7-12-20)21-13-8-5-9-14-21/h4-18,23,25,27H,19H2,1-3H3,(H,34,38)/b18-15+/t23?,27-,43?/m1/s1. The first-order valence-corrected chi connectivity index (χ1v) is 15.7. The molecular weight excluding hydrogens is 588 g/mol. The predicted molar refractivity (Wildman–Crippen MR) is 162 cm³/mol. The number of hydrogen-bond acceptors (Lipinski definition) is 9. The maximum atomic E-state index is 14.0. The van der Waals surface area contributed by atoms with Crippen molar-refractivity contribution in [1.29, 1.82) is 0 Å². The second-order valence-corrected chi connectivity index (χ2v) is 13.1. The van der Waals surface area contributed by atoms with E-state index in [1.54, 1.807) is 50.7 Å². The summed E-state index contributed by atoms with van der Waals surface area (Å²) < 4.78 is 24.8. The number of alkyl carbamates (subject to hydrolysis) is 1. The van der Waals surface area contributed by atoms with E-state index in [1.807, 2.05) is 60.7 Å². The summed E-state index contributed by atoms with van der Waals surface area (Å²) in [6, 6.07) is 19.1. The number of hydrogen-bond donors (Lipinski definition) is 1. The largest absolute Gasteiger partial charge is 0.448 e. The Bertz CT molecular complexity index is 1540. The first kappa shape index (κ1) is 30.2. The molecular formula is C31H30N4O6S2. The molecule has 2 amide bonds. The molecule has 1 aromatic heterocycles. The van der Waals surface area contributed by atoms with Gasteiger partial charge in [-0.1, -0.05) is 72.4 Å². The van der Waals surface area contributed by atoms with E-state index in [2.05, 4.69) is 15.3 Å². The van der Waals surface area contributed by atoms with E-state index in [-0.39, 0.29) is 11.4 Å². The first-order valence-electron chi connectivity index (χ1n) is 13.5. The van der Waals surface area contributed by atoms with E-state index in [9.17, 15) is 18.6 Å². The molecule has 0 saturated carbocycles. The Morgan fingerprint density at radius 3 is 2.21 bits per heavy atom. The number of nitrogens with zero attached hydrogens (tertiary/aromatic N) is 3. The van der Waals surface area contributed by atoms with Gasteiger partial charge in [0, 0.05) is 12.4 Å². The summed E-state index contributed by atoms with van der Waals surface area (Å²) in [5, 5.41) is 3.71. The van der Waals surface area contributed by atoms with Crippen molar-refractivity contribution < 1.29 is 28.1 Å². The van der Waals surface area contributed by atoms with Crippen LogP contribution in [0, 0.1) is 0 Å². The highest BCUT2D eigenvalue weighted by Crippen LogP contribution is 2.38. The Kier molecular flexibility index (Phi) is 9.07. The average molecular weight is 619 g/mol. The van der Waals surface area contributed by atoms with Crippen molar-refractivity contribution in [2.45, 2.75) is 49.0 Å². The van der Waals surface area contributed by atoms with Gasteiger partial charge in [-0.15, -0.1) is 0 Å². The fourth-order valence-corrected chi connectivity index (χ4v) is 6.87. The van der Waals surface area contributed by atoms with Crippen molar-refractivity contribution in [2.75, 3.05) is 5.75 Å². The van der Waals surface area contributed by atoms with Crippen molar-refractivity contribution in [3.05, 3.63) is 113 Å². The molecule has 1 fully saturated rings. The normalized spacial score (nSPS) is 20.0. The smallest absolute Gasteiger partial charge is 0.408 e. The molecule has 3 heterocycles. The van der Waals surface area contributed by atoms with Gasteiger partial charge in [-0.3, -0.25) is 13.9 Å². The zero-order valence-corrected chi connectivity index (χ0v) is 25.3. The lowest BCUT2D eigenvalue weighted by atomic mass is 10.0. The number of nitrogens with one attached hydrogen (secondary N) is 1. The molecule has 10 nitrogen and oxygen atoms in total. The number of benzene rings is 2. The summed E-state index contributed by atoms with van der Waals surface area (Å²) in [5.74, 6) is -1.39. The molecule has 3 atom stereocenters. The van der Waals surface area contributed by atoms with Crippen LogP contribution in [0.3, 0.4) is 0 Å². The molecule has 12 heteroatoms. The molecule has 2 aromatic carbocycles. The lowest BCUT2D eigenvalue weighted by molar-refractivity contribution is -0.153. The topological polar surface area (TPSA) is 128 Å². The minimum Gasteiger partial charge on any atom is -0.448 e. The number of aromatic nitrogens is 2. The lowest BCUT2D eigenvalue weighted by Gasteiger charge is -2.49. The van der Waals surface area contributed by atoms with Gasteiger partial charge in [0.2, 0.25) is 0 Å². The highest BCUT2D eigenvalue weighted by atomic mass is 32.2. The molecule has 43 heavy (non-hydrogen) atoms. The maximum Gasteiger partial charge on any atom is 0.408 e. The number of rotatable bonds is 8. The van der Waals surface area contributed by atoms with Crippen molar-refractivity contribution in [3.63, 3.8) is 0 Å². The molecule has 0 bridgehead atoms. The van der Waals surface area contributed by atoms with Crippen LogP contribution in [-0.2, 0) is 29.9 Å². The molecule has 1 N–H and O–H groups in total. The number of thioether (sulfide) groups is 1. The van der Waals surface area contributed by atoms with Crippen molar-refractivity contribution in [3.8, 4) is 0 Å². The number of carbonyl (C=O) groups excluding carboxylic acids is 3. The van der Waals surface area contributed by atoms with Gasteiger partial charge in [0.1, 0.15) is 22.7 Å². The van der Waals surface area contributed by atoms with E-state index < -0.39 is 51.9 Å². The van der Waals surface area contributed by atoms with E-state index in [0.29, 0.717) is 10.7 Å². The summed E-state index contributed by atoms with van der Waals surface area (Å²) in [5.41, 5.74) is 1.02. The van der Waals surface area contributed by atoms with Crippen LogP contribution >= 0.6 is 11.8 Å². The fraction of sp³-hybridized carbons (Fsp3) is 0.258. The average Bonchev–Trinajstić information content (AvgIpc) is 2.99. The number of fused-ring (bicyclic) bond motifs is 1. The zero-order chi connectivity index (χ0) is 30.6. The number of ether oxygens (including phenoxy) is 2. The first-order chi connectivity index (χ1) is 20.6. The van der Waals surface area contributed by atoms with Crippen LogP contribution in [0.4, 0.5) is 4.79 Å². The SMILES string of the molecule is CC(C)(C)OC(=O)NC1C(=O)N2C(C(=O)OC(c3ccccc3)c3ccccc3)=C(/C=C/Sc3ncccn3)CS(=O)[C@H]12. The summed E-state index contributed by atoms with van der Waals surface area (Å²) in [4.78, 5) is 49.4. The van der Waals surface area contributed by atoms with Crippen molar-refractivity contribution in [2.24, 2.45) is 0 Å². The van der Waals surface area contributed by atoms with Crippen LogP contribution in [0.2, 0.25) is 0 Å². The Morgan fingerprint density at radius 1 is 1.02 bits per heavy atom. The monoisotopic (exact) mass is 618 g/mol. The maximum absolute atomic E-state index is 14.0. The van der Waals surface area contributed by atoms with Gasteiger partial charge in [-0.05, 0) is 55.0 Å². The number of carbonyl (C=O) groups is 3. The third-order valence-electron chi connectivity index (χ3n) is 6.44. The second kappa shape index (κ2) is 12.9. The van der Waals surface area contributed by atoms with Gasteiger partial charge in [0.25, 0.3) is 5.91 Å². The highest BCUT2D eigenvalue weighted by Gasteiger charge is 2.57. The van der Waals surface area contributed by atoms with Crippen molar-refractivity contribution in [1.82, 2.24) is 20.2 Å². The molecule has 2 aliphatic rings. The molecule has 1 saturated heterocycles. The van der Waals surface area contributed by atoms with Gasteiger partial charge in [0.15, 0.2) is 11.3 Å². The van der Waals surface area contributed by atoms with Gasteiger partial charge in [-0.25, -0.2) is 19.6 Å². The van der Waals surface area contributed by atoms with E-state index in [4.69, 9.17) is 9.47 Å². The summed E-state index contributed by atoms with van der Waals surface area (Å²) in [7, 11) is -1.64. The Morgan fingerprint density at radius 2 is 1.63 bits per heavy atom. The quantitative estimate of drug-likeness (QED) is 0.168. The van der Waals surface area contributed by atoms with E-state index >= 15 is 0 Å². The Balaban J connectivity index is 1.48. The molecule has 0 radical (unpaired) electrons. The Hall–Kier alpha value is -4.29. The summed E-state index contributed by atoms with van der Waals surface area (Å²) in [6.07, 6.45) is 3.25. The van der Waals surface area contributed by atoms with Gasteiger partial charge >= 0.3 is 12.1 Å². The molecule has 5 rings (SSSR count). The summed E-state index contributed by atoms with van der Waals surface area (Å²) >= 11 is 1.21. The van der Waals surface area contributed by atoms with Crippen LogP contribution in [0.25, 0.3) is 0 Å². The van der Waals surface area contributed by atoms with E-state index in [1.165, 1.54) is 16.7 Å². The van der Waals surface area contributed by atoms with Crippen LogP contribution in [0.15, 0.2) is 107 Å². The van der Waals surface area contributed by atoms with Crippen molar-refractivity contribution >= 4 is 40.5 Å². The third-order valence-corrected chi connectivity index (χ3v) is 8.75. The fourth-order valence-electron chi connectivity index (χ4n) is 4.63. The molecule has 3 aromatic rings. The summed E-state index contributed by atoms with van der Waals surface area (Å²) in [6.45, 7) is 5.10. The van der Waals surface area contributed by atoms with Gasteiger partial charge < -0.3 is 14.8 Å². The predicted octanol–water partition coefficient (Wildman–Crippen LogP) is 4.49. The van der Waals surface area contributed by atoms with Crippen LogP contribution < -0.4 is 5.32 Å². The lowest BCUT2D eigenvalue weighted by Crippen LogP contribution is -2.73.